The molecule has 2 heteroatoms. The molecule has 1 aliphatic heterocycles. The zero-order chi connectivity index (χ0) is 10.5. The lowest BCUT2D eigenvalue weighted by molar-refractivity contribution is -0.179. The zero-order valence-electron chi connectivity index (χ0n) is 9.10. The van der Waals surface area contributed by atoms with Gasteiger partial charge in [0.25, 0.3) is 0 Å². The second-order valence-electron chi connectivity index (χ2n) is 3.65. The lowest BCUT2D eigenvalue weighted by Crippen LogP contribution is -2.31. The van der Waals surface area contributed by atoms with Crippen LogP contribution in [0.4, 0.5) is 0 Å². The van der Waals surface area contributed by atoms with Crippen molar-refractivity contribution in [2.75, 3.05) is 13.2 Å². The summed E-state index contributed by atoms with van der Waals surface area (Å²) < 4.78 is 0. The van der Waals surface area contributed by atoms with E-state index in [1.165, 1.54) is 5.56 Å². The molecule has 0 aliphatic carbocycles. The van der Waals surface area contributed by atoms with Gasteiger partial charge in [0.1, 0.15) is 0 Å². The van der Waals surface area contributed by atoms with Crippen LogP contribution in [0.2, 0.25) is 0 Å². The van der Waals surface area contributed by atoms with Crippen LogP contribution in [0.1, 0.15) is 24.9 Å². The Balaban J connectivity index is 2.15. The van der Waals surface area contributed by atoms with Gasteiger partial charge in [0, 0.05) is 6.54 Å². The van der Waals surface area contributed by atoms with E-state index in [9.17, 15) is 0 Å². The molecular formula is C13H17NO. The van der Waals surface area contributed by atoms with E-state index in [0.717, 1.165) is 19.6 Å². The molecule has 0 spiro atoms. The third-order valence-electron chi connectivity index (χ3n) is 2.64. The van der Waals surface area contributed by atoms with Crippen LogP contribution in [0.5, 0.6) is 0 Å². The molecule has 80 valence electrons. The van der Waals surface area contributed by atoms with E-state index >= 15 is 0 Å². The molecule has 15 heavy (non-hydrogen) atoms. The van der Waals surface area contributed by atoms with Crippen LogP contribution in [-0.2, 0) is 4.84 Å². The topological polar surface area (TPSA) is 12.5 Å². The summed E-state index contributed by atoms with van der Waals surface area (Å²) in [6.07, 6.45) is 5.42. The van der Waals surface area contributed by atoms with E-state index in [-0.39, 0.29) is 0 Å². The lowest BCUT2D eigenvalue weighted by atomic mass is 10.0. The fraction of sp³-hybridized carbons (Fsp3) is 0.385. The third-order valence-corrected chi connectivity index (χ3v) is 2.64. The maximum Gasteiger partial charge on any atom is 0.0657 e. The van der Waals surface area contributed by atoms with E-state index in [1.807, 2.05) is 13.0 Å². The van der Waals surface area contributed by atoms with E-state index in [2.05, 4.69) is 41.5 Å². The normalized spacial score (nSPS) is 21.8. The summed E-state index contributed by atoms with van der Waals surface area (Å²) in [6.45, 7) is 3.64. The van der Waals surface area contributed by atoms with Gasteiger partial charge >= 0.3 is 0 Å². The van der Waals surface area contributed by atoms with Crippen molar-refractivity contribution in [1.29, 1.82) is 0 Å². The van der Waals surface area contributed by atoms with E-state index in [0.29, 0.717) is 6.04 Å². The first-order valence-electron chi connectivity index (χ1n) is 5.51. The van der Waals surface area contributed by atoms with Crippen molar-refractivity contribution in [3.05, 3.63) is 48.0 Å². The molecule has 0 N–H and O–H groups in total. The van der Waals surface area contributed by atoms with Gasteiger partial charge in [-0.05, 0) is 18.9 Å². The molecule has 1 aromatic rings. The summed E-state index contributed by atoms with van der Waals surface area (Å²) >= 11 is 0. The van der Waals surface area contributed by atoms with Crippen LogP contribution >= 0.6 is 0 Å². The molecule has 0 bridgehead atoms. The molecule has 1 unspecified atom stereocenters. The van der Waals surface area contributed by atoms with Crippen LogP contribution in [0.15, 0.2) is 42.5 Å². The van der Waals surface area contributed by atoms with Crippen LogP contribution in [0.25, 0.3) is 0 Å². The predicted molar refractivity (Wildman–Crippen MR) is 61.3 cm³/mol. The van der Waals surface area contributed by atoms with Gasteiger partial charge in [-0.1, -0.05) is 42.5 Å². The molecule has 2 rings (SSSR count). The smallest absolute Gasteiger partial charge is 0.0657 e. The van der Waals surface area contributed by atoms with E-state index in [1.54, 1.807) is 0 Å². The Bertz CT molecular complexity index is 321. The molecule has 1 aromatic carbocycles. The van der Waals surface area contributed by atoms with Crippen molar-refractivity contribution in [2.45, 2.75) is 19.4 Å². The summed E-state index contributed by atoms with van der Waals surface area (Å²) in [4.78, 5) is 5.63. The number of nitrogens with zero attached hydrogens (tertiary/aromatic N) is 1. The fourth-order valence-corrected chi connectivity index (χ4v) is 1.93. The second-order valence-corrected chi connectivity index (χ2v) is 3.65. The van der Waals surface area contributed by atoms with Crippen LogP contribution in [-0.4, -0.2) is 18.2 Å². The molecule has 0 saturated heterocycles. The van der Waals surface area contributed by atoms with E-state index < -0.39 is 0 Å². The average molecular weight is 203 g/mol. The molecule has 2 nitrogen and oxygen atoms in total. The Morgan fingerprint density at radius 2 is 2.07 bits per heavy atom. The summed E-state index contributed by atoms with van der Waals surface area (Å²) in [5.74, 6) is 0. The first kappa shape index (κ1) is 10.4. The first-order chi connectivity index (χ1) is 7.42. The fourth-order valence-electron chi connectivity index (χ4n) is 1.93. The highest BCUT2D eigenvalue weighted by atomic mass is 16.7. The van der Waals surface area contributed by atoms with Gasteiger partial charge in [-0.3, -0.25) is 4.84 Å². The maximum absolute atomic E-state index is 5.63. The number of benzene rings is 1. The van der Waals surface area contributed by atoms with Gasteiger partial charge in [0.2, 0.25) is 0 Å². The van der Waals surface area contributed by atoms with Gasteiger partial charge in [-0.25, -0.2) is 0 Å². The second kappa shape index (κ2) is 5.10. The molecule has 0 saturated carbocycles. The van der Waals surface area contributed by atoms with Gasteiger partial charge in [0.05, 0.1) is 12.6 Å². The van der Waals surface area contributed by atoms with Crippen molar-refractivity contribution in [3.63, 3.8) is 0 Å². The largest absolute Gasteiger partial charge is 0.298 e. The molecule has 0 amide bonds. The highest BCUT2D eigenvalue weighted by molar-refractivity contribution is 5.20. The highest BCUT2D eigenvalue weighted by Gasteiger charge is 2.21. The van der Waals surface area contributed by atoms with Crippen LogP contribution in [0.3, 0.4) is 0 Å². The Morgan fingerprint density at radius 1 is 1.27 bits per heavy atom. The quantitative estimate of drug-likeness (QED) is 0.700. The van der Waals surface area contributed by atoms with Gasteiger partial charge < -0.3 is 0 Å². The minimum absolute atomic E-state index is 0.371. The minimum atomic E-state index is 0.371. The summed E-state index contributed by atoms with van der Waals surface area (Å²) in [7, 11) is 0. The molecule has 0 aromatic heterocycles. The number of hydroxylamine groups is 2. The Labute approximate surface area is 91.1 Å². The Morgan fingerprint density at radius 3 is 2.80 bits per heavy atom. The third kappa shape index (κ3) is 2.46. The van der Waals surface area contributed by atoms with Gasteiger partial charge in [-0.15, -0.1) is 0 Å². The Hall–Kier alpha value is -1.12. The van der Waals surface area contributed by atoms with Crippen LogP contribution < -0.4 is 0 Å². The molecular weight excluding hydrogens is 186 g/mol. The molecule has 1 aliphatic rings. The number of hydrogen-bond acceptors (Lipinski definition) is 2. The average Bonchev–Trinajstić information content (AvgIpc) is 2.31. The SMILES string of the molecule is CCON1CC=CCC1c1ccccc1. The highest BCUT2D eigenvalue weighted by Crippen LogP contribution is 2.27. The summed E-state index contributed by atoms with van der Waals surface area (Å²) in [6, 6.07) is 10.9. The van der Waals surface area contributed by atoms with Crippen molar-refractivity contribution in [1.82, 2.24) is 5.06 Å². The van der Waals surface area contributed by atoms with Crippen molar-refractivity contribution in [2.24, 2.45) is 0 Å². The monoisotopic (exact) mass is 203 g/mol. The lowest BCUT2D eigenvalue weighted by Gasteiger charge is -2.31. The summed E-state index contributed by atoms with van der Waals surface area (Å²) in [5, 5.41) is 2.06. The van der Waals surface area contributed by atoms with Crippen molar-refractivity contribution >= 4 is 0 Å². The molecule has 0 radical (unpaired) electrons. The predicted octanol–water partition coefficient (Wildman–Crippen LogP) is 2.94. The molecule has 1 heterocycles. The van der Waals surface area contributed by atoms with Crippen molar-refractivity contribution in [3.8, 4) is 0 Å². The molecule has 1 atom stereocenters. The standard InChI is InChI=1S/C13H17NO/c1-2-15-14-11-7-6-10-13(14)12-8-4-3-5-9-12/h3-9,13H,2,10-11H2,1H3. The Kier molecular flexibility index (Phi) is 3.54. The first-order valence-corrected chi connectivity index (χ1v) is 5.51. The zero-order valence-corrected chi connectivity index (χ0v) is 9.10. The number of hydrogen-bond donors (Lipinski definition) is 0. The van der Waals surface area contributed by atoms with Crippen molar-refractivity contribution < 1.29 is 4.84 Å². The van der Waals surface area contributed by atoms with Gasteiger partial charge in [0.15, 0.2) is 0 Å². The maximum atomic E-state index is 5.63. The number of rotatable bonds is 3. The molecule has 0 fully saturated rings. The minimum Gasteiger partial charge on any atom is -0.298 e. The van der Waals surface area contributed by atoms with E-state index in [4.69, 9.17) is 4.84 Å². The van der Waals surface area contributed by atoms with Crippen LogP contribution in [0, 0.1) is 0 Å². The van der Waals surface area contributed by atoms with Gasteiger partial charge in [-0.2, -0.15) is 5.06 Å². The summed E-state index contributed by atoms with van der Waals surface area (Å²) in [5.41, 5.74) is 1.33.